The van der Waals surface area contributed by atoms with Crippen molar-refractivity contribution in [2.24, 2.45) is 7.05 Å². The van der Waals surface area contributed by atoms with Crippen molar-refractivity contribution in [3.05, 3.63) is 76.6 Å². The van der Waals surface area contributed by atoms with E-state index < -0.39 is 11.3 Å². The van der Waals surface area contributed by atoms with Crippen LogP contribution in [-0.4, -0.2) is 24.4 Å². The third kappa shape index (κ3) is 4.78. The van der Waals surface area contributed by atoms with Crippen LogP contribution >= 0.6 is 11.6 Å². The second-order valence-corrected chi connectivity index (χ2v) is 7.49. The fourth-order valence-electron chi connectivity index (χ4n) is 2.67. The van der Waals surface area contributed by atoms with Gasteiger partial charge in [-0.3, -0.25) is 18.0 Å². The molecule has 0 aliphatic rings. The van der Waals surface area contributed by atoms with Crippen LogP contribution in [0.3, 0.4) is 0 Å². The molecule has 0 spiro atoms. The van der Waals surface area contributed by atoms with Gasteiger partial charge in [0.1, 0.15) is 0 Å². The highest BCUT2D eigenvalue weighted by Crippen LogP contribution is 2.30. The average molecular weight is 418 g/mol. The topological polar surface area (TPSA) is 90.3 Å². The first-order chi connectivity index (χ1) is 13.3. The van der Waals surface area contributed by atoms with Gasteiger partial charge in [0.25, 0.3) is 5.91 Å². The zero-order chi connectivity index (χ0) is 20.3. The zero-order valence-electron chi connectivity index (χ0n) is 15.3. The van der Waals surface area contributed by atoms with Crippen molar-refractivity contribution in [3.63, 3.8) is 0 Å². The van der Waals surface area contributed by atoms with Gasteiger partial charge in [0.15, 0.2) is 0 Å². The van der Waals surface area contributed by atoms with Gasteiger partial charge >= 0.3 is 0 Å². The van der Waals surface area contributed by atoms with Crippen molar-refractivity contribution in [2.45, 2.75) is 13.5 Å². The maximum Gasteiger partial charge on any atom is 0.251 e. The molecule has 0 aliphatic carbocycles. The zero-order valence-corrected chi connectivity index (χ0v) is 16.8. The molecule has 0 radical (unpaired) electrons. The molecule has 0 saturated heterocycles. The summed E-state index contributed by atoms with van der Waals surface area (Å²) in [6, 6.07) is 11.5. The lowest BCUT2D eigenvalue weighted by molar-refractivity contribution is 0.0951. The number of anilines is 2. The minimum Gasteiger partial charge on any atom is -0.755 e. The van der Waals surface area contributed by atoms with E-state index in [1.165, 1.54) is 18.2 Å². The van der Waals surface area contributed by atoms with Crippen LogP contribution < -0.4 is 9.62 Å². The minimum absolute atomic E-state index is 0.256. The average Bonchev–Trinajstić information content (AvgIpc) is 3.06. The Morgan fingerprint density at radius 2 is 1.96 bits per heavy atom. The molecule has 3 rings (SSSR count). The molecule has 0 bridgehead atoms. The summed E-state index contributed by atoms with van der Waals surface area (Å²) in [6.07, 6.45) is 3.45. The summed E-state index contributed by atoms with van der Waals surface area (Å²) in [4.78, 5) is 12.5. The predicted octanol–water partition coefficient (Wildman–Crippen LogP) is 3.24. The van der Waals surface area contributed by atoms with E-state index >= 15 is 0 Å². The summed E-state index contributed by atoms with van der Waals surface area (Å²) in [7, 11) is 1.79. The monoisotopic (exact) mass is 417 g/mol. The quantitative estimate of drug-likeness (QED) is 0.623. The van der Waals surface area contributed by atoms with Gasteiger partial charge in [-0.1, -0.05) is 29.3 Å². The SMILES string of the molecule is Cc1ccc(N(c2cc(Cl)cc(C(=O)NCc3cnn(C)c3)c2)S(=O)[O-])cc1. The van der Waals surface area contributed by atoms with Gasteiger partial charge in [0.2, 0.25) is 0 Å². The standard InChI is InChI=1S/C19H19ClN4O3S/c1-13-3-5-17(6-4-13)24(28(26)27)18-8-15(7-16(20)9-18)19(25)21-10-14-11-22-23(2)12-14/h3-9,11-12H,10H2,1-2H3,(H,21,25)(H,26,27)/p-1. The molecule has 0 aliphatic heterocycles. The molecule has 1 amide bonds. The normalized spacial score (nSPS) is 11.9. The van der Waals surface area contributed by atoms with Crippen LogP contribution in [-0.2, 0) is 24.9 Å². The van der Waals surface area contributed by atoms with Crippen LogP contribution in [0.2, 0.25) is 5.02 Å². The highest BCUT2D eigenvalue weighted by Gasteiger charge is 2.15. The van der Waals surface area contributed by atoms with Crippen LogP contribution in [0, 0.1) is 6.92 Å². The van der Waals surface area contributed by atoms with Crippen molar-refractivity contribution in [1.29, 1.82) is 0 Å². The van der Waals surface area contributed by atoms with Crippen molar-refractivity contribution < 1.29 is 13.6 Å². The van der Waals surface area contributed by atoms with E-state index in [0.29, 0.717) is 12.2 Å². The largest absolute Gasteiger partial charge is 0.755 e. The van der Waals surface area contributed by atoms with E-state index in [1.807, 2.05) is 6.92 Å². The first-order valence-corrected chi connectivity index (χ1v) is 9.77. The second kappa shape index (κ2) is 8.55. The number of rotatable bonds is 6. The Morgan fingerprint density at radius 3 is 2.57 bits per heavy atom. The molecular weight excluding hydrogens is 400 g/mol. The van der Waals surface area contributed by atoms with E-state index in [4.69, 9.17) is 11.6 Å². The Balaban J connectivity index is 1.87. The highest BCUT2D eigenvalue weighted by molar-refractivity contribution is 7.81. The van der Waals surface area contributed by atoms with Gasteiger partial charge in [0.05, 0.1) is 28.8 Å². The number of aromatic nitrogens is 2. The van der Waals surface area contributed by atoms with E-state index in [0.717, 1.165) is 15.4 Å². The summed E-state index contributed by atoms with van der Waals surface area (Å²) in [5.41, 5.74) is 2.83. The van der Waals surface area contributed by atoms with Crippen molar-refractivity contribution in [2.75, 3.05) is 4.31 Å². The number of aryl methyl sites for hydroxylation is 2. The molecular formula is C19H18ClN4O3S-. The van der Waals surface area contributed by atoms with Crippen LogP contribution in [0.1, 0.15) is 21.5 Å². The van der Waals surface area contributed by atoms with Crippen molar-refractivity contribution in [3.8, 4) is 0 Å². The lowest BCUT2D eigenvalue weighted by Gasteiger charge is -2.27. The second-order valence-electron chi connectivity index (χ2n) is 6.25. The summed E-state index contributed by atoms with van der Waals surface area (Å²) in [5, 5.41) is 7.08. The summed E-state index contributed by atoms with van der Waals surface area (Å²) in [6.45, 7) is 2.20. The van der Waals surface area contributed by atoms with E-state index in [9.17, 15) is 13.6 Å². The first-order valence-electron chi connectivity index (χ1n) is 8.36. The molecule has 28 heavy (non-hydrogen) atoms. The van der Waals surface area contributed by atoms with Crippen LogP contribution in [0.15, 0.2) is 54.9 Å². The van der Waals surface area contributed by atoms with Crippen LogP contribution in [0.4, 0.5) is 11.4 Å². The number of carbonyl (C=O) groups excluding carboxylic acids is 1. The lowest BCUT2D eigenvalue weighted by atomic mass is 10.1. The van der Waals surface area contributed by atoms with Gasteiger partial charge in [-0.2, -0.15) is 5.10 Å². The molecule has 0 fully saturated rings. The summed E-state index contributed by atoms with van der Waals surface area (Å²) < 4.78 is 26.5. The number of nitrogens with zero attached hydrogens (tertiary/aromatic N) is 3. The first kappa shape index (κ1) is 20.1. The number of hydrogen-bond donors (Lipinski definition) is 1. The van der Waals surface area contributed by atoms with Gasteiger partial charge in [-0.05, 0) is 37.3 Å². The van der Waals surface area contributed by atoms with Crippen molar-refractivity contribution in [1.82, 2.24) is 15.1 Å². The van der Waals surface area contributed by atoms with Gasteiger partial charge in [0, 0.05) is 35.9 Å². The molecule has 0 saturated carbocycles. The summed E-state index contributed by atoms with van der Waals surface area (Å²) in [5.74, 6) is -0.367. The smallest absolute Gasteiger partial charge is 0.251 e. The maximum absolute atomic E-state index is 12.5. The molecule has 1 unspecified atom stereocenters. The van der Waals surface area contributed by atoms with Gasteiger partial charge in [-0.15, -0.1) is 0 Å². The Labute approximate surface area is 170 Å². The fourth-order valence-corrected chi connectivity index (χ4v) is 3.47. The fraction of sp³-hybridized carbons (Fsp3) is 0.158. The Morgan fingerprint density at radius 1 is 1.25 bits per heavy atom. The lowest BCUT2D eigenvalue weighted by Crippen LogP contribution is -2.24. The van der Waals surface area contributed by atoms with E-state index in [1.54, 1.807) is 48.4 Å². The number of halogens is 1. The van der Waals surface area contributed by atoms with Gasteiger partial charge < -0.3 is 9.87 Å². The Hall–Kier alpha value is -2.68. The van der Waals surface area contributed by atoms with Crippen molar-refractivity contribution >= 4 is 40.1 Å². The number of amides is 1. The molecule has 1 atom stereocenters. The molecule has 3 aromatic rings. The number of carbonyl (C=O) groups is 1. The Bertz CT molecular complexity index is 1020. The Kier molecular flexibility index (Phi) is 6.13. The third-order valence-electron chi connectivity index (χ3n) is 4.01. The molecule has 2 aromatic carbocycles. The molecule has 1 N–H and O–H groups in total. The summed E-state index contributed by atoms with van der Waals surface area (Å²) >= 11 is 3.56. The van der Waals surface area contributed by atoms with E-state index in [-0.39, 0.29) is 22.2 Å². The van der Waals surface area contributed by atoms with Gasteiger partial charge in [-0.25, -0.2) is 0 Å². The third-order valence-corrected chi connectivity index (χ3v) is 4.95. The van der Waals surface area contributed by atoms with Crippen LogP contribution in [0.5, 0.6) is 0 Å². The molecule has 9 heteroatoms. The number of hydrogen-bond acceptors (Lipinski definition) is 4. The molecule has 7 nitrogen and oxygen atoms in total. The maximum atomic E-state index is 12.5. The molecule has 146 valence electrons. The van der Waals surface area contributed by atoms with E-state index in [2.05, 4.69) is 10.4 Å². The number of nitrogens with one attached hydrogen (secondary N) is 1. The number of benzene rings is 2. The predicted molar refractivity (Wildman–Crippen MR) is 108 cm³/mol. The minimum atomic E-state index is -2.59. The highest BCUT2D eigenvalue weighted by atomic mass is 35.5. The molecule has 1 heterocycles. The molecule has 1 aromatic heterocycles. The van der Waals surface area contributed by atoms with Crippen LogP contribution in [0.25, 0.3) is 0 Å².